The molecule has 1 nitrogen and oxygen atoms in total. The molecule has 2 unspecified atom stereocenters. The molecule has 0 aromatic rings. The monoisotopic (exact) mass is 223 g/mol. The fourth-order valence-corrected chi connectivity index (χ4v) is 2.68. The number of alkyl halides is 3. The molecule has 1 aliphatic carbocycles. The molecule has 90 valence electrons. The largest absolute Gasteiger partial charge is 0.406 e. The van der Waals surface area contributed by atoms with Gasteiger partial charge >= 0.3 is 6.18 Å². The van der Waals surface area contributed by atoms with Crippen molar-refractivity contribution in [2.24, 2.45) is 5.92 Å². The summed E-state index contributed by atoms with van der Waals surface area (Å²) in [5, 5.41) is 2.76. The predicted octanol–water partition coefficient (Wildman–Crippen LogP) is 3.50. The molecule has 0 amide bonds. The zero-order chi connectivity index (χ0) is 11.5. The molecule has 0 aliphatic heterocycles. The summed E-state index contributed by atoms with van der Waals surface area (Å²) in [6, 6.07) is 0. The smallest absolute Gasteiger partial charge is 0.303 e. The van der Waals surface area contributed by atoms with Crippen LogP contribution in [0.4, 0.5) is 13.2 Å². The van der Waals surface area contributed by atoms with E-state index in [9.17, 15) is 13.2 Å². The Bertz CT molecular complexity index is 202. The van der Waals surface area contributed by atoms with Crippen molar-refractivity contribution in [3.05, 3.63) is 0 Å². The van der Waals surface area contributed by atoms with Crippen molar-refractivity contribution in [1.29, 1.82) is 0 Å². The Morgan fingerprint density at radius 3 is 2.47 bits per heavy atom. The molecule has 1 fully saturated rings. The average molecular weight is 223 g/mol. The zero-order valence-corrected chi connectivity index (χ0v) is 9.45. The highest BCUT2D eigenvalue weighted by molar-refractivity contribution is 5.04. The normalized spacial score (nSPS) is 32.2. The van der Waals surface area contributed by atoms with Gasteiger partial charge in [-0.15, -0.1) is 0 Å². The molecule has 1 N–H and O–H groups in total. The highest BCUT2D eigenvalue weighted by atomic mass is 19.4. The van der Waals surface area contributed by atoms with Crippen LogP contribution in [0.3, 0.4) is 0 Å². The van der Waals surface area contributed by atoms with E-state index in [-0.39, 0.29) is 12.3 Å². The maximum absolute atomic E-state index is 13.1. The van der Waals surface area contributed by atoms with Crippen LogP contribution in [0.5, 0.6) is 0 Å². The third-order valence-electron chi connectivity index (χ3n) is 3.51. The van der Waals surface area contributed by atoms with Crippen molar-refractivity contribution in [1.82, 2.24) is 5.32 Å². The first-order valence-electron chi connectivity index (χ1n) is 5.79. The Hall–Kier alpha value is -0.250. The second-order valence-electron chi connectivity index (χ2n) is 4.39. The predicted molar refractivity (Wildman–Crippen MR) is 54.7 cm³/mol. The van der Waals surface area contributed by atoms with E-state index >= 15 is 0 Å². The Morgan fingerprint density at radius 1 is 1.33 bits per heavy atom. The molecule has 1 rings (SSSR count). The fraction of sp³-hybridized carbons (Fsp3) is 1.00. The number of halogens is 3. The lowest BCUT2D eigenvalue weighted by molar-refractivity contribution is -0.207. The highest BCUT2D eigenvalue weighted by Crippen LogP contribution is 2.48. The summed E-state index contributed by atoms with van der Waals surface area (Å²) in [6.45, 7) is 4.20. The molecule has 0 heterocycles. The lowest BCUT2D eigenvalue weighted by atomic mass is 9.84. The van der Waals surface area contributed by atoms with Crippen molar-refractivity contribution < 1.29 is 13.2 Å². The standard InChI is InChI=1S/C11H20F3N/c1-3-8-15-10(11(12,13)14)7-5-6-9(10)4-2/h9,15H,3-8H2,1-2H3. The summed E-state index contributed by atoms with van der Waals surface area (Å²) in [4.78, 5) is 0. The third-order valence-corrected chi connectivity index (χ3v) is 3.51. The SMILES string of the molecule is CCCNC1(C(F)(F)F)CCCC1CC. The van der Waals surface area contributed by atoms with E-state index in [1.807, 2.05) is 13.8 Å². The fourth-order valence-electron chi connectivity index (χ4n) is 2.68. The van der Waals surface area contributed by atoms with E-state index < -0.39 is 11.7 Å². The van der Waals surface area contributed by atoms with E-state index in [1.165, 1.54) is 0 Å². The van der Waals surface area contributed by atoms with Crippen LogP contribution in [-0.2, 0) is 0 Å². The third kappa shape index (κ3) is 2.30. The van der Waals surface area contributed by atoms with Gasteiger partial charge in [-0.1, -0.05) is 26.7 Å². The Balaban J connectivity index is 2.85. The molecule has 1 saturated carbocycles. The molecular weight excluding hydrogens is 203 g/mol. The van der Waals surface area contributed by atoms with Gasteiger partial charge in [0.15, 0.2) is 0 Å². The molecule has 1 aliphatic rings. The van der Waals surface area contributed by atoms with E-state index in [1.54, 1.807) is 0 Å². The topological polar surface area (TPSA) is 12.0 Å². The average Bonchev–Trinajstić information content (AvgIpc) is 2.57. The minimum Gasteiger partial charge on any atom is -0.303 e. The van der Waals surface area contributed by atoms with Gasteiger partial charge in [0.2, 0.25) is 0 Å². The number of nitrogens with one attached hydrogen (secondary N) is 1. The van der Waals surface area contributed by atoms with Gasteiger partial charge in [-0.05, 0) is 31.7 Å². The van der Waals surface area contributed by atoms with E-state index in [0.717, 1.165) is 6.42 Å². The van der Waals surface area contributed by atoms with Gasteiger partial charge in [-0.2, -0.15) is 13.2 Å². The number of hydrogen-bond acceptors (Lipinski definition) is 1. The second-order valence-corrected chi connectivity index (χ2v) is 4.39. The van der Waals surface area contributed by atoms with Crippen LogP contribution in [0.1, 0.15) is 46.0 Å². The molecule has 0 aromatic heterocycles. The maximum atomic E-state index is 13.1. The molecular formula is C11H20F3N. The maximum Gasteiger partial charge on any atom is 0.406 e. The van der Waals surface area contributed by atoms with Crippen molar-refractivity contribution in [3.63, 3.8) is 0 Å². The molecule has 0 saturated heterocycles. The second kappa shape index (κ2) is 4.73. The number of rotatable bonds is 4. The quantitative estimate of drug-likeness (QED) is 0.769. The minimum atomic E-state index is -4.11. The summed E-state index contributed by atoms with van der Waals surface area (Å²) in [5.41, 5.74) is -1.60. The summed E-state index contributed by atoms with van der Waals surface area (Å²) < 4.78 is 39.3. The Labute approximate surface area is 89.4 Å². The van der Waals surface area contributed by atoms with Gasteiger partial charge in [0.1, 0.15) is 5.54 Å². The van der Waals surface area contributed by atoms with Gasteiger partial charge in [-0.25, -0.2) is 0 Å². The first-order chi connectivity index (χ1) is 6.98. The molecule has 2 atom stereocenters. The molecule has 0 spiro atoms. The van der Waals surface area contributed by atoms with Crippen LogP contribution in [0.2, 0.25) is 0 Å². The molecule has 15 heavy (non-hydrogen) atoms. The molecule has 0 bridgehead atoms. The van der Waals surface area contributed by atoms with Crippen LogP contribution in [-0.4, -0.2) is 18.3 Å². The minimum absolute atomic E-state index is 0.245. The summed E-state index contributed by atoms with van der Waals surface area (Å²) in [6.07, 6.45) is -1.12. The van der Waals surface area contributed by atoms with E-state index in [2.05, 4.69) is 5.32 Å². The molecule has 4 heteroatoms. The van der Waals surface area contributed by atoms with Crippen LogP contribution in [0.15, 0.2) is 0 Å². The first kappa shape index (κ1) is 12.8. The van der Waals surface area contributed by atoms with Crippen molar-refractivity contribution in [2.45, 2.75) is 57.7 Å². The number of hydrogen-bond donors (Lipinski definition) is 1. The first-order valence-corrected chi connectivity index (χ1v) is 5.79. The van der Waals surface area contributed by atoms with Crippen LogP contribution >= 0.6 is 0 Å². The van der Waals surface area contributed by atoms with Crippen LogP contribution < -0.4 is 5.32 Å². The Morgan fingerprint density at radius 2 is 2.00 bits per heavy atom. The van der Waals surface area contributed by atoms with Crippen LogP contribution in [0, 0.1) is 5.92 Å². The molecule has 0 aromatic carbocycles. The lowest BCUT2D eigenvalue weighted by Crippen LogP contribution is -2.59. The highest BCUT2D eigenvalue weighted by Gasteiger charge is 2.59. The van der Waals surface area contributed by atoms with Crippen molar-refractivity contribution in [2.75, 3.05) is 6.54 Å². The van der Waals surface area contributed by atoms with Gasteiger partial charge in [0.05, 0.1) is 0 Å². The van der Waals surface area contributed by atoms with E-state index in [4.69, 9.17) is 0 Å². The molecule has 0 radical (unpaired) electrons. The summed E-state index contributed by atoms with van der Waals surface area (Å²) >= 11 is 0. The van der Waals surface area contributed by atoms with E-state index in [0.29, 0.717) is 25.8 Å². The van der Waals surface area contributed by atoms with Crippen molar-refractivity contribution in [3.8, 4) is 0 Å². The Kier molecular flexibility index (Phi) is 4.04. The zero-order valence-electron chi connectivity index (χ0n) is 9.45. The lowest BCUT2D eigenvalue weighted by Gasteiger charge is -2.38. The van der Waals surface area contributed by atoms with Crippen LogP contribution in [0.25, 0.3) is 0 Å². The van der Waals surface area contributed by atoms with Gasteiger partial charge in [-0.3, -0.25) is 0 Å². The van der Waals surface area contributed by atoms with Gasteiger partial charge in [0, 0.05) is 0 Å². The summed E-state index contributed by atoms with van der Waals surface area (Å²) in [5.74, 6) is -0.246. The van der Waals surface area contributed by atoms with Crippen molar-refractivity contribution >= 4 is 0 Å². The van der Waals surface area contributed by atoms with Gasteiger partial charge < -0.3 is 5.32 Å². The van der Waals surface area contributed by atoms with Gasteiger partial charge in [0.25, 0.3) is 0 Å². The summed E-state index contributed by atoms with van der Waals surface area (Å²) in [7, 11) is 0.